The van der Waals surface area contributed by atoms with Crippen LogP contribution in [0.25, 0.3) is 0 Å². The van der Waals surface area contributed by atoms with Gasteiger partial charge in [-0.1, -0.05) is 72.5 Å². The molecule has 0 radical (unpaired) electrons. The fourth-order valence-corrected chi connectivity index (χ4v) is 9.44. The summed E-state index contributed by atoms with van der Waals surface area (Å²) in [5, 5.41) is 0. The Morgan fingerprint density at radius 3 is 2.55 bits per heavy atom. The summed E-state index contributed by atoms with van der Waals surface area (Å²) < 4.78 is 5.94. The molecule has 3 saturated carbocycles. The van der Waals surface area contributed by atoms with E-state index in [1.807, 2.05) is 13.8 Å². The largest absolute Gasteiger partial charge is 0.302 e. The maximum Gasteiger partial charge on any atom is 0.0769 e. The Hall–Kier alpha value is 0.780. The van der Waals surface area contributed by atoms with Gasteiger partial charge in [0.1, 0.15) is 0 Å². The van der Waals surface area contributed by atoms with E-state index in [-0.39, 0.29) is 0 Å². The zero-order valence-electron chi connectivity index (χ0n) is 21.2. The van der Waals surface area contributed by atoms with Gasteiger partial charge in [0.2, 0.25) is 0 Å². The summed E-state index contributed by atoms with van der Waals surface area (Å²) in [5.74, 6) is 4.76. The van der Waals surface area contributed by atoms with Gasteiger partial charge in [0.05, 0.1) is 15.3 Å². The highest BCUT2D eigenvalue weighted by Gasteiger charge is 2.58. The molecule has 6 unspecified atom stereocenters. The van der Waals surface area contributed by atoms with Crippen LogP contribution in [0.1, 0.15) is 119 Å². The van der Waals surface area contributed by atoms with E-state index >= 15 is 0 Å². The van der Waals surface area contributed by atoms with E-state index in [1.54, 1.807) is 5.57 Å². The number of rotatable bonds is 7. The molecule has 3 heteroatoms. The molecular formula is C28H49IOS. The third kappa shape index (κ3) is 5.39. The molecule has 4 aliphatic rings. The highest BCUT2D eigenvalue weighted by atomic mass is 127. The van der Waals surface area contributed by atoms with Gasteiger partial charge in [-0.25, -0.2) is 0 Å². The third-order valence-corrected chi connectivity index (χ3v) is 11.0. The van der Waals surface area contributed by atoms with Crippen molar-refractivity contribution in [1.82, 2.24) is 0 Å². The van der Waals surface area contributed by atoms with Crippen LogP contribution in [0.2, 0.25) is 0 Å². The topological polar surface area (TPSA) is 9.23 Å². The molecule has 0 saturated heterocycles. The van der Waals surface area contributed by atoms with Crippen molar-refractivity contribution in [3.05, 3.63) is 11.6 Å². The van der Waals surface area contributed by atoms with Crippen LogP contribution in [-0.4, -0.2) is 6.10 Å². The van der Waals surface area contributed by atoms with Gasteiger partial charge in [0.25, 0.3) is 0 Å². The Labute approximate surface area is 210 Å². The molecule has 0 aromatic rings. The second kappa shape index (κ2) is 11.5. The summed E-state index contributed by atoms with van der Waals surface area (Å²) in [4.78, 5) is 0. The average molecular weight is 561 g/mol. The fourth-order valence-electron chi connectivity index (χ4n) is 8.29. The second-order valence-corrected chi connectivity index (χ2v) is 13.2. The molecule has 0 N–H and O–H groups in total. The molecule has 0 aromatic carbocycles. The normalized spacial score (nSPS) is 41.5. The van der Waals surface area contributed by atoms with Crippen LogP contribution in [0.3, 0.4) is 0 Å². The van der Waals surface area contributed by atoms with Crippen molar-refractivity contribution in [2.45, 2.75) is 125 Å². The predicted molar refractivity (Wildman–Crippen MR) is 146 cm³/mol. The Morgan fingerprint density at radius 2 is 1.84 bits per heavy atom. The zero-order chi connectivity index (χ0) is 22.6. The molecule has 0 heterocycles. The zero-order valence-corrected chi connectivity index (χ0v) is 24.2. The first kappa shape index (κ1) is 26.4. The number of allylic oxidation sites excluding steroid dienone is 1. The van der Waals surface area contributed by atoms with Crippen molar-refractivity contribution in [1.29, 1.82) is 0 Å². The van der Waals surface area contributed by atoms with E-state index in [2.05, 4.69) is 55.0 Å². The highest BCUT2D eigenvalue weighted by Crippen LogP contribution is 2.66. The van der Waals surface area contributed by atoms with E-state index in [0.29, 0.717) is 16.9 Å². The molecule has 1 nitrogen and oxygen atoms in total. The Kier molecular flexibility index (Phi) is 9.76. The minimum atomic E-state index is 0.448. The summed E-state index contributed by atoms with van der Waals surface area (Å²) in [6.45, 7) is 14.1. The van der Waals surface area contributed by atoms with Crippen LogP contribution in [0.5, 0.6) is 0 Å². The number of unbranched alkanes of at least 4 members (excludes halogenated alkanes) is 1. The van der Waals surface area contributed by atoms with Crippen LogP contribution in [0.15, 0.2) is 11.6 Å². The lowest BCUT2D eigenvalue weighted by atomic mass is 9.47. The van der Waals surface area contributed by atoms with E-state index in [0.717, 1.165) is 29.6 Å². The van der Waals surface area contributed by atoms with Crippen molar-refractivity contribution < 1.29 is 4.18 Å². The van der Waals surface area contributed by atoms with Gasteiger partial charge in [-0.15, -0.1) is 0 Å². The summed E-state index contributed by atoms with van der Waals surface area (Å²) >= 11 is 2.28. The van der Waals surface area contributed by atoms with Gasteiger partial charge in [0, 0.05) is 21.2 Å². The highest BCUT2D eigenvalue weighted by molar-refractivity contribution is 14.2. The first-order chi connectivity index (χ1) is 14.9. The summed E-state index contributed by atoms with van der Waals surface area (Å²) in [6.07, 6.45) is 20.2. The lowest BCUT2D eigenvalue weighted by Crippen LogP contribution is -2.50. The molecule has 180 valence electrons. The van der Waals surface area contributed by atoms with E-state index < -0.39 is 0 Å². The number of hydrogen-bond donors (Lipinski definition) is 0. The van der Waals surface area contributed by atoms with E-state index in [4.69, 9.17) is 4.18 Å². The average Bonchev–Trinajstić information content (AvgIpc) is 3.09. The number of fused-ring (bicyclic) bond motifs is 5. The Morgan fingerprint density at radius 1 is 1.06 bits per heavy atom. The minimum Gasteiger partial charge on any atom is -0.302 e. The van der Waals surface area contributed by atoms with Crippen molar-refractivity contribution >= 4 is 30.4 Å². The van der Waals surface area contributed by atoms with Gasteiger partial charge in [0.15, 0.2) is 0 Å². The van der Waals surface area contributed by atoms with Crippen molar-refractivity contribution in [2.24, 2.45) is 40.4 Å². The molecule has 0 bridgehead atoms. The van der Waals surface area contributed by atoms with Crippen molar-refractivity contribution in [3.63, 3.8) is 0 Å². The molecule has 0 aliphatic heterocycles. The monoisotopic (exact) mass is 560 g/mol. The van der Waals surface area contributed by atoms with Crippen molar-refractivity contribution in [2.75, 3.05) is 0 Å². The molecule has 7 atom stereocenters. The minimum absolute atomic E-state index is 0.448. The second-order valence-electron chi connectivity index (χ2n) is 11.8. The van der Waals surface area contributed by atoms with Gasteiger partial charge in [-0.3, -0.25) is 0 Å². The van der Waals surface area contributed by atoms with Gasteiger partial charge in [-0.2, -0.15) is 0 Å². The fraction of sp³-hybridized carbons (Fsp3) is 0.929. The molecule has 0 aromatic heterocycles. The Balaban J connectivity index is 0.00000132. The summed E-state index contributed by atoms with van der Waals surface area (Å²) in [6, 6.07) is 0. The smallest absolute Gasteiger partial charge is 0.0769 e. The summed E-state index contributed by atoms with van der Waals surface area (Å²) in [5.41, 5.74) is 2.86. The standard InChI is InChI=1S/C26H43IOS.C2H6/c1-18(2)7-5-6-8-19-10-12-23-22-11-9-20-17-21(28-29-27)13-15-26(20,4)24(22)14-16-25(19,23)3;1-2/h9,18-19,21-24H,5-8,10-17H2,1-4H3;1-2H3/t19-,21?,22?,23?,24?,25?,26?;/m0./s1. The predicted octanol–water partition coefficient (Wildman–Crippen LogP) is 10.2. The third-order valence-electron chi connectivity index (χ3n) is 10.0. The maximum absolute atomic E-state index is 5.94. The first-order valence-electron chi connectivity index (χ1n) is 13.5. The molecular weight excluding hydrogens is 511 g/mol. The molecule has 31 heavy (non-hydrogen) atoms. The van der Waals surface area contributed by atoms with Crippen LogP contribution >= 0.6 is 30.4 Å². The molecule has 0 spiro atoms. The number of hydrogen-bond acceptors (Lipinski definition) is 2. The molecule has 3 fully saturated rings. The van der Waals surface area contributed by atoms with Crippen molar-refractivity contribution in [3.8, 4) is 0 Å². The van der Waals surface area contributed by atoms with Crippen LogP contribution < -0.4 is 0 Å². The van der Waals surface area contributed by atoms with E-state index in [9.17, 15) is 0 Å². The molecule has 0 amide bonds. The summed E-state index contributed by atoms with van der Waals surface area (Å²) in [7, 11) is 1.53. The Bertz CT molecular complexity index is 604. The molecule has 4 rings (SSSR count). The first-order valence-corrected chi connectivity index (χ1v) is 16.8. The van der Waals surface area contributed by atoms with Gasteiger partial charge in [-0.05, 0) is 98.2 Å². The SMILES string of the molecule is CC.CC(C)CCCC[C@H]1CCC2C3CC=C4CC(OSI)CCC4(C)C3CCC21C. The van der Waals surface area contributed by atoms with Crippen LogP contribution in [-0.2, 0) is 4.18 Å². The quantitative estimate of drug-likeness (QED) is 0.133. The lowest BCUT2D eigenvalue weighted by Gasteiger charge is -2.58. The number of halogens is 1. The van der Waals surface area contributed by atoms with Crippen LogP contribution in [0, 0.1) is 40.4 Å². The van der Waals surface area contributed by atoms with Gasteiger partial charge < -0.3 is 4.18 Å². The van der Waals surface area contributed by atoms with E-state index in [1.165, 1.54) is 86.3 Å². The molecule has 4 aliphatic carbocycles. The lowest BCUT2D eigenvalue weighted by molar-refractivity contribution is -0.0483. The maximum atomic E-state index is 5.94. The van der Waals surface area contributed by atoms with Gasteiger partial charge >= 0.3 is 0 Å². The van der Waals surface area contributed by atoms with Crippen LogP contribution in [0.4, 0.5) is 0 Å².